The quantitative estimate of drug-likeness (QED) is 0.425. The molecule has 0 amide bonds. The highest BCUT2D eigenvalue weighted by Gasteiger charge is 2.22. The van der Waals surface area contributed by atoms with Gasteiger partial charge in [0.15, 0.2) is 17.2 Å². The molecule has 0 saturated heterocycles. The first-order valence-corrected chi connectivity index (χ1v) is 10.6. The number of nitrogens with zero attached hydrogens (tertiary/aromatic N) is 2. The molecule has 1 aromatic carbocycles. The van der Waals surface area contributed by atoms with Gasteiger partial charge in [-0.3, -0.25) is 4.40 Å². The average Bonchev–Trinajstić information content (AvgIpc) is 3.41. The number of alkyl halides is 2. The molecule has 2 aromatic heterocycles. The second-order valence-corrected chi connectivity index (χ2v) is 7.41. The lowest BCUT2D eigenvalue weighted by Gasteiger charge is -2.18. The van der Waals surface area contributed by atoms with Crippen molar-refractivity contribution in [2.45, 2.75) is 45.3 Å². The molecule has 32 heavy (non-hydrogen) atoms. The fourth-order valence-corrected chi connectivity index (χ4v) is 3.85. The minimum absolute atomic E-state index is 0.0188. The number of benzene rings is 1. The lowest BCUT2D eigenvalue weighted by atomic mass is 10.1. The maximum absolute atomic E-state index is 13.0. The zero-order valence-corrected chi connectivity index (χ0v) is 17.7. The van der Waals surface area contributed by atoms with Crippen LogP contribution in [-0.2, 0) is 4.74 Å². The van der Waals surface area contributed by atoms with Gasteiger partial charge in [0.05, 0.1) is 18.4 Å². The zero-order valence-electron chi connectivity index (χ0n) is 17.7. The predicted molar refractivity (Wildman–Crippen MR) is 116 cm³/mol. The van der Waals surface area contributed by atoms with Gasteiger partial charge in [0.25, 0.3) is 0 Å². The van der Waals surface area contributed by atoms with Crippen molar-refractivity contribution in [2.24, 2.45) is 0 Å². The lowest BCUT2D eigenvalue weighted by molar-refractivity contribution is -0.0520. The van der Waals surface area contributed by atoms with Crippen LogP contribution in [0.25, 0.3) is 17.8 Å². The van der Waals surface area contributed by atoms with Gasteiger partial charge in [-0.15, -0.1) is 0 Å². The number of halogens is 2. The number of rotatable bonds is 8. The van der Waals surface area contributed by atoms with Crippen LogP contribution < -0.4 is 9.47 Å². The molecule has 4 rings (SSSR count). The summed E-state index contributed by atoms with van der Waals surface area (Å²) < 4.78 is 43.6. The van der Waals surface area contributed by atoms with E-state index in [0.29, 0.717) is 16.9 Å². The molecular formula is C24H24F2N2O4. The molecule has 0 bridgehead atoms. The van der Waals surface area contributed by atoms with Crippen molar-refractivity contribution < 1.29 is 27.8 Å². The molecule has 0 atom stereocenters. The van der Waals surface area contributed by atoms with E-state index in [9.17, 15) is 13.6 Å². The molecule has 168 valence electrons. The minimum Gasteiger partial charge on any atom is -0.486 e. The van der Waals surface area contributed by atoms with Crippen LogP contribution in [0.1, 0.15) is 54.4 Å². The fourth-order valence-electron chi connectivity index (χ4n) is 3.85. The summed E-state index contributed by atoms with van der Waals surface area (Å²) in [4.78, 5) is 17.1. The van der Waals surface area contributed by atoms with Crippen molar-refractivity contribution in [1.29, 1.82) is 0 Å². The van der Waals surface area contributed by atoms with Gasteiger partial charge in [-0.05, 0) is 63.0 Å². The van der Waals surface area contributed by atoms with Crippen molar-refractivity contribution in [2.75, 3.05) is 6.61 Å². The Hall–Kier alpha value is -3.42. The first kappa shape index (κ1) is 21.8. The Morgan fingerprint density at radius 3 is 2.75 bits per heavy atom. The van der Waals surface area contributed by atoms with E-state index in [1.54, 1.807) is 53.9 Å². The third-order valence-corrected chi connectivity index (χ3v) is 5.26. The zero-order chi connectivity index (χ0) is 22.5. The van der Waals surface area contributed by atoms with E-state index in [4.69, 9.17) is 14.2 Å². The normalized spacial score (nSPS) is 14.5. The number of para-hydroxylation sites is 1. The minimum atomic E-state index is -2.96. The number of carbonyl (C=O) groups excluding carboxylic acids is 1. The van der Waals surface area contributed by atoms with Crippen LogP contribution in [0.15, 0.2) is 42.6 Å². The van der Waals surface area contributed by atoms with Crippen molar-refractivity contribution in [3.8, 4) is 11.5 Å². The molecule has 0 unspecified atom stereocenters. The van der Waals surface area contributed by atoms with E-state index in [1.807, 2.05) is 6.07 Å². The van der Waals surface area contributed by atoms with Crippen molar-refractivity contribution in [3.63, 3.8) is 0 Å². The molecule has 6 nitrogen and oxygen atoms in total. The lowest BCUT2D eigenvalue weighted by Crippen LogP contribution is -2.13. The summed E-state index contributed by atoms with van der Waals surface area (Å²) in [5.74, 6) is -0.255. The number of aromatic nitrogens is 2. The maximum Gasteiger partial charge on any atom is 0.387 e. The summed E-state index contributed by atoms with van der Waals surface area (Å²) in [5, 5.41) is 0. The van der Waals surface area contributed by atoms with Crippen LogP contribution in [0, 0.1) is 0 Å². The Morgan fingerprint density at radius 2 is 2.00 bits per heavy atom. The molecule has 1 aliphatic carbocycles. The predicted octanol–water partition coefficient (Wildman–Crippen LogP) is 5.60. The number of ether oxygens (including phenoxy) is 3. The van der Waals surface area contributed by atoms with Crippen molar-refractivity contribution >= 4 is 23.8 Å². The second kappa shape index (κ2) is 9.80. The first-order valence-electron chi connectivity index (χ1n) is 10.6. The number of esters is 1. The smallest absolute Gasteiger partial charge is 0.387 e. The Kier molecular flexibility index (Phi) is 6.68. The van der Waals surface area contributed by atoms with Crippen molar-refractivity contribution in [1.82, 2.24) is 9.38 Å². The topological polar surface area (TPSA) is 62.1 Å². The van der Waals surface area contributed by atoms with E-state index in [1.165, 1.54) is 6.07 Å². The van der Waals surface area contributed by atoms with Crippen molar-refractivity contribution in [3.05, 3.63) is 59.5 Å². The SMILES string of the molecule is CCOC(=O)c1c(/C=C/c2cccc(OC(F)F)c2OC2CCCC2)nc2ccccn12. The molecular weight excluding hydrogens is 418 g/mol. The van der Waals surface area contributed by atoms with Gasteiger partial charge in [-0.2, -0.15) is 8.78 Å². The van der Waals surface area contributed by atoms with Crippen LogP contribution in [0.3, 0.4) is 0 Å². The third kappa shape index (κ3) is 4.74. The van der Waals surface area contributed by atoms with E-state index in [0.717, 1.165) is 25.7 Å². The highest BCUT2D eigenvalue weighted by molar-refractivity contribution is 5.94. The van der Waals surface area contributed by atoms with Crippen LogP contribution in [0.2, 0.25) is 0 Å². The number of hydrogen-bond donors (Lipinski definition) is 0. The Bertz CT molecular complexity index is 1120. The molecule has 0 spiro atoms. The van der Waals surface area contributed by atoms with Gasteiger partial charge in [-0.25, -0.2) is 9.78 Å². The number of hydrogen-bond acceptors (Lipinski definition) is 5. The average molecular weight is 442 g/mol. The maximum atomic E-state index is 13.0. The second-order valence-electron chi connectivity index (χ2n) is 7.41. The van der Waals surface area contributed by atoms with Crippen LogP contribution in [0.5, 0.6) is 11.5 Å². The third-order valence-electron chi connectivity index (χ3n) is 5.26. The molecule has 1 fully saturated rings. The summed E-state index contributed by atoms with van der Waals surface area (Å²) in [6.45, 7) is -0.999. The highest BCUT2D eigenvalue weighted by atomic mass is 19.3. The van der Waals surface area contributed by atoms with E-state index < -0.39 is 12.6 Å². The number of fused-ring (bicyclic) bond motifs is 1. The molecule has 0 radical (unpaired) electrons. The number of carbonyl (C=O) groups is 1. The Balaban J connectivity index is 1.73. The standard InChI is InChI=1S/C24H24F2N2O4/c1-2-30-23(29)21-18(27-20-12-5-6-15-28(20)21)14-13-16-8-7-11-19(32-24(25)26)22(16)31-17-9-3-4-10-17/h5-8,11-15,17,24H,2-4,9-10H2,1H3/b14-13+. The summed E-state index contributed by atoms with van der Waals surface area (Å²) in [7, 11) is 0. The van der Waals surface area contributed by atoms with E-state index >= 15 is 0 Å². The summed E-state index contributed by atoms with van der Waals surface area (Å²) >= 11 is 0. The summed E-state index contributed by atoms with van der Waals surface area (Å²) in [6.07, 6.45) is 8.84. The van der Waals surface area contributed by atoms with Crippen LogP contribution in [0.4, 0.5) is 8.78 Å². The van der Waals surface area contributed by atoms with E-state index in [-0.39, 0.29) is 29.9 Å². The number of pyridine rings is 1. The van der Waals surface area contributed by atoms with Crippen LogP contribution in [-0.4, -0.2) is 34.7 Å². The van der Waals surface area contributed by atoms with Crippen LogP contribution >= 0.6 is 0 Å². The molecule has 1 aliphatic rings. The summed E-state index contributed by atoms with van der Waals surface area (Å²) in [6, 6.07) is 10.2. The van der Waals surface area contributed by atoms with E-state index in [2.05, 4.69) is 4.98 Å². The molecule has 0 N–H and O–H groups in total. The van der Waals surface area contributed by atoms with Gasteiger partial charge in [0.1, 0.15) is 5.65 Å². The molecule has 0 aliphatic heterocycles. The molecule has 3 aromatic rings. The Morgan fingerprint density at radius 1 is 1.19 bits per heavy atom. The molecule has 1 saturated carbocycles. The van der Waals surface area contributed by atoms with Gasteiger partial charge < -0.3 is 14.2 Å². The van der Waals surface area contributed by atoms with Gasteiger partial charge >= 0.3 is 12.6 Å². The Labute approximate surface area is 184 Å². The molecule has 2 heterocycles. The highest BCUT2D eigenvalue weighted by Crippen LogP contribution is 2.37. The summed E-state index contributed by atoms with van der Waals surface area (Å²) in [5.41, 5.74) is 1.84. The fraction of sp³-hybridized carbons (Fsp3) is 0.333. The number of imidazole rings is 1. The van der Waals surface area contributed by atoms with Gasteiger partial charge in [0.2, 0.25) is 0 Å². The monoisotopic (exact) mass is 442 g/mol. The molecule has 8 heteroatoms. The first-order chi connectivity index (χ1) is 15.6. The largest absolute Gasteiger partial charge is 0.486 e. The van der Waals surface area contributed by atoms with Gasteiger partial charge in [0, 0.05) is 11.8 Å². The van der Waals surface area contributed by atoms with Gasteiger partial charge in [-0.1, -0.05) is 18.2 Å².